The van der Waals surface area contributed by atoms with Crippen molar-refractivity contribution in [3.63, 3.8) is 0 Å². The molecule has 0 amide bonds. The third-order valence-corrected chi connectivity index (χ3v) is 3.61. The molecule has 0 N–H and O–H groups in total. The summed E-state index contributed by atoms with van der Waals surface area (Å²) in [6.45, 7) is 2.58. The van der Waals surface area contributed by atoms with Crippen LogP contribution in [0.2, 0.25) is 0 Å². The van der Waals surface area contributed by atoms with Crippen molar-refractivity contribution in [1.82, 2.24) is 9.55 Å². The van der Waals surface area contributed by atoms with Gasteiger partial charge in [0.05, 0.1) is 12.1 Å². The van der Waals surface area contributed by atoms with Gasteiger partial charge in [-0.3, -0.25) is 9.78 Å². The molecule has 0 bridgehead atoms. The number of thiazole rings is 1. The minimum absolute atomic E-state index is 0.0774. The molecule has 3 aromatic rings. The molecular formula is C14H12N2OS. The summed E-state index contributed by atoms with van der Waals surface area (Å²) >= 11 is 1.23. The molecule has 18 heavy (non-hydrogen) atoms. The molecule has 0 saturated carbocycles. The summed E-state index contributed by atoms with van der Waals surface area (Å²) in [5, 5.41) is 2.93. The van der Waals surface area contributed by atoms with Gasteiger partial charge in [-0.05, 0) is 24.6 Å². The lowest BCUT2D eigenvalue weighted by Crippen LogP contribution is -2.13. The molecule has 0 radical (unpaired) electrons. The Morgan fingerprint density at radius 1 is 1.33 bits per heavy atom. The maximum Gasteiger partial charge on any atom is 0.307 e. The van der Waals surface area contributed by atoms with Crippen LogP contribution in [0.25, 0.3) is 10.9 Å². The Kier molecular flexibility index (Phi) is 2.72. The highest BCUT2D eigenvalue weighted by Crippen LogP contribution is 2.18. The van der Waals surface area contributed by atoms with Crippen molar-refractivity contribution in [3.8, 4) is 0 Å². The number of para-hydroxylation sites is 1. The third kappa shape index (κ3) is 1.95. The lowest BCUT2D eigenvalue weighted by atomic mass is 10.1. The predicted octanol–water partition coefficient (Wildman–Crippen LogP) is 2.81. The van der Waals surface area contributed by atoms with E-state index in [4.69, 9.17) is 0 Å². The highest BCUT2D eigenvalue weighted by molar-refractivity contribution is 7.07. The molecule has 4 heteroatoms. The van der Waals surface area contributed by atoms with E-state index in [-0.39, 0.29) is 4.87 Å². The summed E-state index contributed by atoms with van der Waals surface area (Å²) < 4.78 is 1.73. The van der Waals surface area contributed by atoms with Gasteiger partial charge in [0.1, 0.15) is 0 Å². The van der Waals surface area contributed by atoms with Gasteiger partial charge < -0.3 is 4.57 Å². The second-order valence-electron chi connectivity index (χ2n) is 4.24. The average Bonchev–Trinajstić information content (AvgIpc) is 2.75. The van der Waals surface area contributed by atoms with Crippen molar-refractivity contribution in [2.24, 2.45) is 0 Å². The lowest BCUT2D eigenvalue weighted by molar-refractivity contribution is 0.787. The third-order valence-electron chi connectivity index (χ3n) is 2.91. The minimum atomic E-state index is 0.0774. The van der Waals surface area contributed by atoms with Crippen LogP contribution in [-0.4, -0.2) is 9.55 Å². The van der Waals surface area contributed by atoms with Crippen LogP contribution in [0.1, 0.15) is 11.3 Å². The number of pyridine rings is 1. The molecule has 0 aliphatic carbocycles. The molecule has 0 fully saturated rings. The molecule has 0 atom stereocenters. The van der Waals surface area contributed by atoms with E-state index in [9.17, 15) is 4.79 Å². The summed E-state index contributed by atoms with van der Waals surface area (Å²) in [5.41, 5.74) is 3.10. The van der Waals surface area contributed by atoms with Gasteiger partial charge in [0.2, 0.25) is 0 Å². The molecule has 0 aliphatic rings. The zero-order chi connectivity index (χ0) is 12.5. The maximum absolute atomic E-state index is 11.6. The van der Waals surface area contributed by atoms with Gasteiger partial charge in [0, 0.05) is 22.7 Å². The van der Waals surface area contributed by atoms with Gasteiger partial charge in [-0.2, -0.15) is 0 Å². The Labute approximate surface area is 108 Å². The van der Waals surface area contributed by atoms with E-state index in [0.717, 1.165) is 22.2 Å². The van der Waals surface area contributed by atoms with E-state index in [1.54, 1.807) is 4.57 Å². The molecule has 1 aromatic carbocycles. The highest BCUT2D eigenvalue weighted by atomic mass is 32.1. The summed E-state index contributed by atoms with van der Waals surface area (Å²) in [6, 6.07) is 10.1. The first kappa shape index (κ1) is 11.2. The number of fused-ring (bicyclic) bond motifs is 1. The number of nitrogens with zero attached hydrogens (tertiary/aromatic N) is 2. The molecule has 2 aromatic heterocycles. The molecule has 3 rings (SSSR count). The van der Waals surface area contributed by atoms with E-state index in [1.165, 1.54) is 11.3 Å². The topological polar surface area (TPSA) is 34.9 Å². The van der Waals surface area contributed by atoms with Crippen LogP contribution in [0.4, 0.5) is 0 Å². The van der Waals surface area contributed by atoms with Crippen LogP contribution in [-0.2, 0) is 6.54 Å². The minimum Gasteiger partial charge on any atom is -0.302 e. The van der Waals surface area contributed by atoms with E-state index in [1.807, 2.05) is 42.8 Å². The monoisotopic (exact) mass is 256 g/mol. The van der Waals surface area contributed by atoms with Crippen LogP contribution in [0.3, 0.4) is 0 Å². The Hall–Kier alpha value is -1.94. The molecule has 2 heterocycles. The first-order chi connectivity index (χ1) is 8.74. The molecule has 0 saturated heterocycles. The number of rotatable bonds is 2. The number of hydrogen-bond acceptors (Lipinski definition) is 3. The molecule has 3 nitrogen and oxygen atoms in total. The Morgan fingerprint density at radius 2 is 2.17 bits per heavy atom. The van der Waals surface area contributed by atoms with E-state index in [0.29, 0.717) is 6.54 Å². The van der Waals surface area contributed by atoms with Gasteiger partial charge in [0.25, 0.3) is 0 Å². The predicted molar refractivity (Wildman–Crippen MR) is 74.2 cm³/mol. The van der Waals surface area contributed by atoms with Crippen LogP contribution < -0.4 is 4.87 Å². The second-order valence-corrected chi connectivity index (χ2v) is 5.09. The summed E-state index contributed by atoms with van der Waals surface area (Å²) in [7, 11) is 0. The van der Waals surface area contributed by atoms with Crippen LogP contribution in [0.15, 0.2) is 46.7 Å². The summed E-state index contributed by atoms with van der Waals surface area (Å²) in [4.78, 5) is 16.2. The van der Waals surface area contributed by atoms with Crippen molar-refractivity contribution in [1.29, 1.82) is 0 Å². The van der Waals surface area contributed by atoms with Crippen molar-refractivity contribution in [2.75, 3.05) is 0 Å². The van der Waals surface area contributed by atoms with Crippen LogP contribution in [0.5, 0.6) is 0 Å². The highest BCUT2D eigenvalue weighted by Gasteiger charge is 2.05. The molecule has 0 spiro atoms. The fraction of sp³-hybridized carbons (Fsp3) is 0.143. The maximum atomic E-state index is 11.6. The standard InChI is InChI=1S/C14H12N2OS/c1-10-8-11(9-16-6-7-18-14(16)17)12-4-2-3-5-13(12)15-10/h2-8H,9H2,1H3. The van der Waals surface area contributed by atoms with Crippen molar-refractivity contribution >= 4 is 22.2 Å². The van der Waals surface area contributed by atoms with E-state index >= 15 is 0 Å². The first-order valence-corrected chi connectivity index (χ1v) is 6.61. The van der Waals surface area contributed by atoms with Crippen molar-refractivity contribution < 1.29 is 0 Å². The quantitative estimate of drug-likeness (QED) is 0.706. The zero-order valence-electron chi connectivity index (χ0n) is 9.96. The summed E-state index contributed by atoms with van der Waals surface area (Å²) in [5.74, 6) is 0. The SMILES string of the molecule is Cc1cc(Cn2ccsc2=O)c2ccccc2n1. The zero-order valence-corrected chi connectivity index (χ0v) is 10.8. The number of aromatic nitrogens is 2. The molecular weight excluding hydrogens is 244 g/mol. The van der Waals surface area contributed by atoms with E-state index in [2.05, 4.69) is 11.1 Å². The van der Waals surface area contributed by atoms with Crippen LogP contribution >= 0.6 is 11.3 Å². The normalized spacial score (nSPS) is 10.9. The Bertz CT molecular complexity index is 758. The van der Waals surface area contributed by atoms with Crippen LogP contribution in [0, 0.1) is 6.92 Å². The first-order valence-electron chi connectivity index (χ1n) is 5.73. The molecule has 0 aliphatic heterocycles. The van der Waals surface area contributed by atoms with Gasteiger partial charge in [-0.15, -0.1) is 0 Å². The number of hydrogen-bond donors (Lipinski definition) is 0. The van der Waals surface area contributed by atoms with Gasteiger partial charge >= 0.3 is 4.87 Å². The van der Waals surface area contributed by atoms with Crippen molar-refractivity contribution in [3.05, 3.63) is 62.8 Å². The fourth-order valence-electron chi connectivity index (χ4n) is 2.12. The van der Waals surface area contributed by atoms with Gasteiger partial charge in [0.15, 0.2) is 0 Å². The number of benzene rings is 1. The van der Waals surface area contributed by atoms with Gasteiger partial charge in [-0.25, -0.2) is 0 Å². The number of aryl methyl sites for hydroxylation is 1. The summed E-state index contributed by atoms with van der Waals surface area (Å²) in [6.07, 6.45) is 1.83. The fourth-order valence-corrected chi connectivity index (χ4v) is 2.70. The Morgan fingerprint density at radius 3 is 2.94 bits per heavy atom. The molecule has 90 valence electrons. The largest absolute Gasteiger partial charge is 0.307 e. The van der Waals surface area contributed by atoms with E-state index < -0.39 is 0 Å². The average molecular weight is 256 g/mol. The second kappa shape index (κ2) is 4.38. The van der Waals surface area contributed by atoms with Crippen molar-refractivity contribution in [2.45, 2.75) is 13.5 Å². The van der Waals surface area contributed by atoms with Gasteiger partial charge in [-0.1, -0.05) is 29.5 Å². The lowest BCUT2D eigenvalue weighted by Gasteiger charge is -2.08. The molecule has 0 unspecified atom stereocenters. The smallest absolute Gasteiger partial charge is 0.302 e. The Balaban J connectivity index is 2.17.